The minimum atomic E-state index is -0.220. The number of hydrogen-bond donors (Lipinski definition) is 2. The van der Waals surface area contributed by atoms with Crippen molar-refractivity contribution in [3.63, 3.8) is 0 Å². The lowest BCUT2D eigenvalue weighted by Crippen LogP contribution is -2.31. The highest BCUT2D eigenvalue weighted by atomic mass is 79.9. The van der Waals surface area contributed by atoms with Crippen molar-refractivity contribution >= 4 is 27.0 Å². The first kappa shape index (κ1) is 14.1. The van der Waals surface area contributed by atoms with E-state index in [4.69, 9.17) is 5.84 Å². The van der Waals surface area contributed by atoms with Gasteiger partial charge in [-0.1, -0.05) is 12.1 Å². The summed E-state index contributed by atoms with van der Waals surface area (Å²) in [7, 11) is 0. The van der Waals surface area contributed by atoms with Gasteiger partial charge in [-0.05, 0) is 28.9 Å². The zero-order valence-corrected chi connectivity index (χ0v) is 13.1. The number of aryl methyl sites for hydroxylation is 1. The summed E-state index contributed by atoms with van der Waals surface area (Å²) in [5.74, 6) is 5.82. The number of hydrogen-bond acceptors (Lipinski definition) is 5. The number of nitrogens with zero attached hydrogens (tertiary/aromatic N) is 4. The van der Waals surface area contributed by atoms with Gasteiger partial charge >= 0.3 is 0 Å². The fraction of sp³-hybridized carbons (Fsp3) is 0.214. The van der Waals surface area contributed by atoms with Crippen LogP contribution in [0.2, 0.25) is 0 Å². The average Bonchev–Trinajstić information content (AvgIpc) is 2.90. The van der Waals surface area contributed by atoms with Crippen LogP contribution in [0.5, 0.6) is 0 Å². The molecule has 3 N–H and O–H groups in total. The van der Waals surface area contributed by atoms with Crippen molar-refractivity contribution in [3.05, 3.63) is 52.5 Å². The first-order valence-electron chi connectivity index (χ1n) is 6.63. The topological polar surface area (TPSA) is 81.7 Å². The van der Waals surface area contributed by atoms with Crippen LogP contribution in [0.1, 0.15) is 24.2 Å². The SMILES string of the molecule is CCn1ncc(Br)c1C(NN)c1cccc2nccnc12. The molecule has 0 saturated carbocycles. The van der Waals surface area contributed by atoms with Crippen molar-refractivity contribution in [1.29, 1.82) is 0 Å². The first-order chi connectivity index (χ1) is 10.3. The lowest BCUT2D eigenvalue weighted by atomic mass is 10.0. The van der Waals surface area contributed by atoms with Crippen LogP contribution in [0.3, 0.4) is 0 Å². The third-order valence-electron chi connectivity index (χ3n) is 3.41. The van der Waals surface area contributed by atoms with Crippen LogP contribution >= 0.6 is 15.9 Å². The highest BCUT2D eigenvalue weighted by Gasteiger charge is 2.22. The molecule has 6 nitrogen and oxygen atoms in total. The molecule has 7 heteroatoms. The van der Waals surface area contributed by atoms with Crippen molar-refractivity contribution in [3.8, 4) is 0 Å². The third kappa shape index (κ3) is 2.44. The van der Waals surface area contributed by atoms with Crippen molar-refractivity contribution in [2.45, 2.75) is 19.5 Å². The highest BCUT2D eigenvalue weighted by molar-refractivity contribution is 9.10. The van der Waals surface area contributed by atoms with Gasteiger partial charge in [0.25, 0.3) is 0 Å². The van der Waals surface area contributed by atoms with Crippen LogP contribution in [0.4, 0.5) is 0 Å². The molecule has 0 radical (unpaired) electrons. The van der Waals surface area contributed by atoms with Crippen molar-refractivity contribution in [2.24, 2.45) is 5.84 Å². The van der Waals surface area contributed by atoms with Crippen molar-refractivity contribution < 1.29 is 0 Å². The summed E-state index contributed by atoms with van der Waals surface area (Å²) < 4.78 is 2.82. The standard InChI is InChI=1S/C14H15BrN6/c1-2-21-14(10(15)8-19-21)13(20-16)9-4-3-5-11-12(9)18-7-6-17-11/h3-8,13,20H,2,16H2,1H3. The largest absolute Gasteiger partial charge is 0.271 e. The number of hydrazine groups is 1. The Bertz CT molecular complexity index is 764. The van der Waals surface area contributed by atoms with Gasteiger partial charge in [-0.25, -0.2) is 5.43 Å². The number of fused-ring (bicyclic) bond motifs is 1. The van der Waals surface area contributed by atoms with E-state index >= 15 is 0 Å². The summed E-state index contributed by atoms with van der Waals surface area (Å²) >= 11 is 3.55. The Morgan fingerprint density at radius 2 is 2.14 bits per heavy atom. The van der Waals surface area contributed by atoms with Crippen LogP contribution in [-0.4, -0.2) is 19.7 Å². The number of nitrogens with two attached hydrogens (primary N) is 1. The molecule has 1 aromatic carbocycles. The second kappa shape index (κ2) is 5.88. The summed E-state index contributed by atoms with van der Waals surface area (Å²) in [6, 6.07) is 5.67. The Labute approximate surface area is 130 Å². The molecule has 0 saturated heterocycles. The number of aromatic nitrogens is 4. The van der Waals surface area contributed by atoms with E-state index in [1.54, 1.807) is 18.6 Å². The van der Waals surface area contributed by atoms with Crippen LogP contribution < -0.4 is 11.3 Å². The molecule has 0 amide bonds. The molecular weight excluding hydrogens is 332 g/mol. The Hall–Kier alpha value is -1.83. The minimum Gasteiger partial charge on any atom is -0.271 e. The summed E-state index contributed by atoms with van der Waals surface area (Å²) in [6.45, 7) is 2.80. The molecule has 0 aliphatic heterocycles. The smallest absolute Gasteiger partial charge is 0.0939 e. The lowest BCUT2D eigenvalue weighted by molar-refractivity contribution is 0.543. The van der Waals surface area contributed by atoms with E-state index in [1.807, 2.05) is 29.8 Å². The Morgan fingerprint density at radius 3 is 2.90 bits per heavy atom. The zero-order valence-electron chi connectivity index (χ0n) is 11.5. The van der Waals surface area contributed by atoms with Crippen LogP contribution in [0.25, 0.3) is 11.0 Å². The van der Waals surface area contributed by atoms with Gasteiger partial charge in [0, 0.05) is 24.5 Å². The van der Waals surface area contributed by atoms with Gasteiger partial charge in [0.05, 0.1) is 33.4 Å². The number of para-hydroxylation sites is 1. The summed E-state index contributed by atoms with van der Waals surface area (Å²) in [5, 5.41) is 4.35. The Kier molecular flexibility index (Phi) is 3.96. The quantitative estimate of drug-likeness (QED) is 0.558. The monoisotopic (exact) mass is 346 g/mol. The second-order valence-corrected chi connectivity index (χ2v) is 5.42. The van der Waals surface area contributed by atoms with E-state index in [-0.39, 0.29) is 6.04 Å². The van der Waals surface area contributed by atoms with E-state index in [9.17, 15) is 0 Å². The second-order valence-electron chi connectivity index (χ2n) is 4.56. The average molecular weight is 347 g/mol. The maximum Gasteiger partial charge on any atom is 0.0939 e. The molecular formula is C14H15BrN6. The zero-order chi connectivity index (χ0) is 14.8. The molecule has 3 rings (SSSR count). The van der Waals surface area contributed by atoms with E-state index in [0.29, 0.717) is 0 Å². The van der Waals surface area contributed by atoms with Gasteiger partial charge in [0.2, 0.25) is 0 Å². The number of rotatable bonds is 4. The summed E-state index contributed by atoms with van der Waals surface area (Å²) in [5.41, 5.74) is 6.49. The van der Waals surface area contributed by atoms with Gasteiger partial charge in [0.1, 0.15) is 0 Å². The first-order valence-corrected chi connectivity index (χ1v) is 7.42. The molecule has 108 valence electrons. The van der Waals surface area contributed by atoms with Crippen LogP contribution in [0, 0.1) is 0 Å². The van der Waals surface area contributed by atoms with E-state index in [2.05, 4.69) is 36.4 Å². The molecule has 2 heterocycles. The third-order valence-corrected chi connectivity index (χ3v) is 4.02. The predicted molar refractivity (Wildman–Crippen MR) is 84.3 cm³/mol. The lowest BCUT2D eigenvalue weighted by Gasteiger charge is -2.19. The number of benzene rings is 1. The van der Waals surface area contributed by atoms with Crippen LogP contribution in [0.15, 0.2) is 41.3 Å². The molecule has 1 atom stereocenters. The van der Waals surface area contributed by atoms with Crippen molar-refractivity contribution in [1.82, 2.24) is 25.2 Å². The van der Waals surface area contributed by atoms with Crippen LogP contribution in [-0.2, 0) is 6.54 Å². The van der Waals surface area contributed by atoms with Crippen molar-refractivity contribution in [2.75, 3.05) is 0 Å². The molecule has 0 fully saturated rings. The summed E-state index contributed by atoms with van der Waals surface area (Å²) in [4.78, 5) is 8.78. The fourth-order valence-corrected chi connectivity index (χ4v) is 3.00. The fourth-order valence-electron chi connectivity index (χ4n) is 2.47. The van der Waals surface area contributed by atoms with E-state index < -0.39 is 0 Å². The van der Waals surface area contributed by atoms with Gasteiger partial charge in [-0.3, -0.25) is 20.5 Å². The van der Waals surface area contributed by atoms with Gasteiger partial charge in [0.15, 0.2) is 0 Å². The van der Waals surface area contributed by atoms with Gasteiger partial charge in [-0.2, -0.15) is 5.10 Å². The molecule has 0 aliphatic carbocycles. The van der Waals surface area contributed by atoms with Gasteiger partial charge in [-0.15, -0.1) is 0 Å². The van der Waals surface area contributed by atoms with Gasteiger partial charge < -0.3 is 0 Å². The Morgan fingerprint density at radius 1 is 1.33 bits per heavy atom. The molecule has 2 aromatic heterocycles. The Balaban J connectivity index is 2.21. The minimum absolute atomic E-state index is 0.220. The number of nitrogens with one attached hydrogen (secondary N) is 1. The summed E-state index contributed by atoms with van der Waals surface area (Å²) in [6.07, 6.45) is 5.15. The maximum atomic E-state index is 5.82. The predicted octanol–water partition coefficient (Wildman–Crippen LogP) is 2.16. The molecule has 3 aromatic rings. The van der Waals surface area contributed by atoms with E-state index in [0.717, 1.165) is 33.3 Å². The normalized spacial score (nSPS) is 12.7. The molecule has 1 unspecified atom stereocenters. The maximum absolute atomic E-state index is 5.82. The molecule has 0 aliphatic rings. The van der Waals surface area contributed by atoms with E-state index in [1.165, 1.54) is 0 Å². The molecule has 21 heavy (non-hydrogen) atoms. The highest BCUT2D eigenvalue weighted by Crippen LogP contribution is 2.31. The number of halogens is 1. The molecule has 0 bridgehead atoms. The molecule has 0 spiro atoms.